The van der Waals surface area contributed by atoms with Gasteiger partial charge in [-0.05, 0) is 0 Å². The van der Waals surface area contributed by atoms with E-state index in [-0.39, 0.29) is 6.61 Å². The monoisotopic (exact) mass is 269 g/mol. The van der Waals surface area contributed by atoms with Gasteiger partial charge in [0.15, 0.2) is 18.2 Å². The minimum absolute atomic E-state index is 0.285. The van der Waals surface area contributed by atoms with Gasteiger partial charge in [-0.15, -0.1) is 0 Å². The Hall–Kier alpha value is -1.31. The van der Waals surface area contributed by atoms with Crippen molar-refractivity contribution in [3.05, 3.63) is 35.9 Å². The number of rotatable bonds is 4. The summed E-state index contributed by atoms with van der Waals surface area (Å²) in [4.78, 5) is 11.8. The first-order valence-corrected chi connectivity index (χ1v) is 5.86. The van der Waals surface area contributed by atoms with Crippen LogP contribution in [0, 0.1) is 0 Å². The molecule has 104 valence electrons. The van der Waals surface area contributed by atoms with Gasteiger partial charge in [-0.1, -0.05) is 30.3 Å². The SMILES string of the molecule is [2H]C1(c2ccccc2)OC[C@H](O)[C@H](C(=O)[C@H](O)CO)O1. The Morgan fingerprint density at radius 3 is 2.79 bits per heavy atom. The molecule has 1 heterocycles. The fraction of sp³-hybridized carbons (Fsp3) is 0.462. The van der Waals surface area contributed by atoms with Crippen LogP contribution in [0.1, 0.15) is 13.2 Å². The average Bonchev–Trinajstić information content (AvgIpc) is 2.49. The van der Waals surface area contributed by atoms with Crippen LogP contribution in [0.3, 0.4) is 0 Å². The minimum Gasteiger partial charge on any atom is -0.393 e. The zero-order valence-corrected chi connectivity index (χ0v) is 10.1. The third kappa shape index (κ3) is 3.17. The highest BCUT2D eigenvalue weighted by Gasteiger charge is 2.38. The Bertz CT molecular complexity index is 467. The number of aliphatic hydroxyl groups excluding tert-OH is 3. The number of Topliss-reactive ketones (excluding diaryl/α,β-unsaturated/α-hetero) is 1. The molecule has 3 N–H and O–H groups in total. The number of aliphatic hydroxyl groups is 3. The van der Waals surface area contributed by atoms with E-state index >= 15 is 0 Å². The summed E-state index contributed by atoms with van der Waals surface area (Å²) in [6, 6.07) is 8.30. The van der Waals surface area contributed by atoms with Crippen molar-refractivity contribution in [1.82, 2.24) is 0 Å². The van der Waals surface area contributed by atoms with Crippen molar-refractivity contribution in [1.29, 1.82) is 0 Å². The van der Waals surface area contributed by atoms with E-state index < -0.39 is 37.0 Å². The second-order valence-corrected chi connectivity index (χ2v) is 4.17. The van der Waals surface area contributed by atoms with Crippen LogP contribution in [-0.2, 0) is 14.3 Å². The molecule has 1 unspecified atom stereocenters. The maximum atomic E-state index is 11.8. The molecule has 1 aromatic carbocycles. The molecule has 2 rings (SSSR count). The van der Waals surface area contributed by atoms with Crippen molar-refractivity contribution >= 4 is 5.78 Å². The maximum absolute atomic E-state index is 11.8. The zero-order chi connectivity index (χ0) is 14.8. The van der Waals surface area contributed by atoms with Crippen molar-refractivity contribution in [2.24, 2.45) is 0 Å². The van der Waals surface area contributed by atoms with E-state index in [4.69, 9.17) is 16.0 Å². The molecule has 1 aliphatic rings. The summed E-state index contributed by atoms with van der Waals surface area (Å²) < 4.78 is 18.5. The fourth-order valence-electron chi connectivity index (χ4n) is 1.73. The van der Waals surface area contributed by atoms with Crippen molar-refractivity contribution in [3.8, 4) is 0 Å². The largest absolute Gasteiger partial charge is 0.393 e. The molecular weight excluding hydrogens is 252 g/mol. The van der Waals surface area contributed by atoms with Crippen LogP contribution in [0.5, 0.6) is 0 Å². The summed E-state index contributed by atoms with van der Waals surface area (Å²) in [5.74, 6) is -0.879. The van der Waals surface area contributed by atoms with Crippen LogP contribution in [0.15, 0.2) is 30.3 Å². The van der Waals surface area contributed by atoms with Gasteiger partial charge in [-0.3, -0.25) is 4.79 Å². The fourth-order valence-corrected chi connectivity index (χ4v) is 1.73. The standard InChI is InChI=1S/C13H16O6/c14-6-9(15)11(17)12-10(16)7-18-13(19-12)8-4-2-1-3-5-8/h1-5,9-10,12-16H,6-7H2/t9-,10+,12-,13?/m1/s1/i13D. The van der Waals surface area contributed by atoms with Crippen LogP contribution < -0.4 is 0 Å². The smallest absolute Gasteiger partial charge is 0.195 e. The van der Waals surface area contributed by atoms with Gasteiger partial charge in [-0.2, -0.15) is 0 Å². The number of hydrogen-bond acceptors (Lipinski definition) is 6. The minimum atomic E-state index is -1.93. The van der Waals surface area contributed by atoms with E-state index in [0.717, 1.165) is 0 Å². The van der Waals surface area contributed by atoms with Gasteiger partial charge in [0.2, 0.25) is 0 Å². The quantitative estimate of drug-likeness (QED) is 0.674. The van der Waals surface area contributed by atoms with E-state index in [1.807, 2.05) is 0 Å². The van der Waals surface area contributed by atoms with E-state index in [1.165, 1.54) is 0 Å². The highest BCUT2D eigenvalue weighted by Crippen LogP contribution is 2.27. The first-order chi connectivity index (χ1) is 9.48. The highest BCUT2D eigenvalue weighted by atomic mass is 16.7. The molecule has 1 fully saturated rings. The van der Waals surface area contributed by atoms with Gasteiger partial charge >= 0.3 is 0 Å². The van der Waals surface area contributed by atoms with Crippen LogP contribution in [-0.4, -0.2) is 52.6 Å². The maximum Gasteiger partial charge on any atom is 0.195 e. The van der Waals surface area contributed by atoms with Crippen molar-refractivity contribution in [3.63, 3.8) is 0 Å². The topological polar surface area (TPSA) is 96.2 Å². The molecule has 0 radical (unpaired) electrons. The Kier molecular flexibility index (Phi) is 4.16. The lowest BCUT2D eigenvalue weighted by Crippen LogP contribution is -2.49. The summed E-state index contributed by atoms with van der Waals surface area (Å²) in [5, 5.41) is 27.8. The van der Waals surface area contributed by atoms with Crippen molar-refractivity contribution in [2.45, 2.75) is 24.6 Å². The Morgan fingerprint density at radius 2 is 2.16 bits per heavy atom. The van der Waals surface area contributed by atoms with E-state index in [9.17, 15) is 15.0 Å². The summed E-state index contributed by atoms with van der Waals surface area (Å²) in [5.41, 5.74) is 0.364. The molecule has 0 spiro atoms. The number of carbonyl (C=O) groups excluding carboxylic acids is 1. The lowest BCUT2D eigenvalue weighted by molar-refractivity contribution is -0.253. The second kappa shape index (κ2) is 6.23. The number of carbonyl (C=O) groups is 1. The third-order valence-electron chi connectivity index (χ3n) is 2.76. The van der Waals surface area contributed by atoms with E-state index in [0.29, 0.717) is 5.56 Å². The number of ether oxygens (including phenoxy) is 2. The molecule has 0 bridgehead atoms. The predicted octanol–water partition coefficient (Wildman–Crippen LogP) is -0.616. The summed E-state index contributed by atoms with van der Waals surface area (Å²) in [7, 11) is 0. The molecule has 19 heavy (non-hydrogen) atoms. The van der Waals surface area contributed by atoms with Crippen molar-refractivity contribution < 1.29 is 31.0 Å². The number of ketones is 1. The molecule has 0 aromatic heterocycles. The molecule has 0 aliphatic carbocycles. The summed E-state index contributed by atoms with van der Waals surface area (Å²) in [6.07, 6.45) is -6.32. The van der Waals surface area contributed by atoms with E-state index in [1.54, 1.807) is 30.3 Å². The Labute approximate surface area is 111 Å². The molecular formula is C13H16O6. The van der Waals surface area contributed by atoms with Gasteiger partial charge in [0, 0.05) is 5.56 Å². The molecule has 0 amide bonds. The van der Waals surface area contributed by atoms with Gasteiger partial charge in [0.05, 0.1) is 14.6 Å². The summed E-state index contributed by atoms with van der Waals surface area (Å²) in [6.45, 7) is -1.06. The average molecular weight is 269 g/mol. The number of benzene rings is 1. The van der Waals surface area contributed by atoms with Gasteiger partial charge < -0.3 is 24.8 Å². The van der Waals surface area contributed by atoms with Crippen LogP contribution in [0.2, 0.25) is 0 Å². The van der Waals surface area contributed by atoms with Crippen LogP contribution in [0.4, 0.5) is 0 Å². The predicted molar refractivity (Wildman–Crippen MR) is 64.1 cm³/mol. The van der Waals surface area contributed by atoms with Crippen LogP contribution >= 0.6 is 0 Å². The Morgan fingerprint density at radius 1 is 1.47 bits per heavy atom. The molecule has 1 saturated heterocycles. The first kappa shape index (κ1) is 12.7. The second-order valence-electron chi connectivity index (χ2n) is 4.17. The van der Waals surface area contributed by atoms with Crippen LogP contribution in [0.25, 0.3) is 0 Å². The first-order valence-electron chi connectivity index (χ1n) is 6.36. The molecule has 4 atom stereocenters. The summed E-state index contributed by atoms with van der Waals surface area (Å²) >= 11 is 0. The molecule has 0 saturated carbocycles. The van der Waals surface area contributed by atoms with Gasteiger partial charge in [-0.25, -0.2) is 0 Å². The van der Waals surface area contributed by atoms with Crippen molar-refractivity contribution in [2.75, 3.05) is 13.2 Å². The zero-order valence-electron chi connectivity index (χ0n) is 11.1. The van der Waals surface area contributed by atoms with E-state index in [2.05, 4.69) is 0 Å². The molecule has 6 nitrogen and oxygen atoms in total. The molecule has 6 heteroatoms. The normalized spacial score (nSPS) is 33.5. The number of hydrogen-bond donors (Lipinski definition) is 3. The lowest BCUT2D eigenvalue weighted by atomic mass is 10.0. The third-order valence-corrected chi connectivity index (χ3v) is 2.76. The molecule has 1 aliphatic heterocycles. The Balaban J connectivity index is 2.21. The van der Waals surface area contributed by atoms with Gasteiger partial charge in [0.1, 0.15) is 12.2 Å². The lowest BCUT2D eigenvalue weighted by Gasteiger charge is -2.33. The van der Waals surface area contributed by atoms with Gasteiger partial charge in [0.25, 0.3) is 0 Å². The highest BCUT2D eigenvalue weighted by molar-refractivity contribution is 5.88. The molecule has 1 aromatic rings.